The zero-order valence-corrected chi connectivity index (χ0v) is 11.2. The monoisotopic (exact) mass is 269 g/mol. The van der Waals surface area contributed by atoms with Crippen molar-refractivity contribution in [2.45, 2.75) is 18.9 Å². The molecule has 1 N–H and O–H groups in total. The van der Waals surface area contributed by atoms with E-state index in [1.165, 1.54) is 0 Å². The number of carbonyl (C=O) groups excluding carboxylic acids is 1. The molecule has 92 valence electrons. The van der Waals surface area contributed by atoms with Gasteiger partial charge >= 0.3 is 0 Å². The molecule has 1 atom stereocenters. The molecule has 0 aromatic heterocycles. The summed E-state index contributed by atoms with van der Waals surface area (Å²) in [7, 11) is 0. The Morgan fingerprint density at radius 1 is 1.41 bits per heavy atom. The molecule has 1 fully saturated rings. The third-order valence-corrected chi connectivity index (χ3v) is 4.17. The van der Waals surface area contributed by atoms with E-state index in [4.69, 9.17) is 11.6 Å². The number of benzene rings is 1. The maximum Gasteiger partial charge on any atom is 0.138 e. The lowest BCUT2D eigenvalue weighted by Crippen LogP contribution is -2.39. The molecule has 2 nitrogen and oxygen atoms in total. The third kappa shape index (κ3) is 4.34. The van der Waals surface area contributed by atoms with E-state index in [0.29, 0.717) is 29.7 Å². The molecule has 1 aromatic rings. The number of ketones is 1. The predicted octanol–water partition coefficient (Wildman–Crippen LogP) is 2.55. The fourth-order valence-corrected chi connectivity index (χ4v) is 3.00. The summed E-state index contributed by atoms with van der Waals surface area (Å²) >= 11 is 7.73. The smallest absolute Gasteiger partial charge is 0.138 e. The Labute approximate surface area is 111 Å². The van der Waals surface area contributed by atoms with Crippen molar-refractivity contribution in [1.82, 2.24) is 5.32 Å². The number of Topliss-reactive ketones (excluding diaryl/α,β-unsaturated/α-hetero) is 1. The summed E-state index contributed by atoms with van der Waals surface area (Å²) in [6.45, 7) is 1.02. The van der Waals surface area contributed by atoms with E-state index >= 15 is 0 Å². The van der Waals surface area contributed by atoms with Crippen LogP contribution in [0.5, 0.6) is 0 Å². The normalized spacial score (nSPS) is 20.2. The van der Waals surface area contributed by atoms with Gasteiger partial charge in [0.05, 0.1) is 0 Å². The maximum absolute atomic E-state index is 11.9. The summed E-state index contributed by atoms with van der Waals surface area (Å²) in [6.07, 6.45) is 1.15. The van der Waals surface area contributed by atoms with E-state index in [9.17, 15) is 4.79 Å². The summed E-state index contributed by atoms with van der Waals surface area (Å²) in [4.78, 5) is 11.9. The Hall–Kier alpha value is -0.510. The van der Waals surface area contributed by atoms with E-state index in [-0.39, 0.29) is 0 Å². The Morgan fingerprint density at radius 2 is 2.18 bits per heavy atom. The van der Waals surface area contributed by atoms with Crippen LogP contribution in [0, 0.1) is 0 Å². The third-order valence-electron chi connectivity index (χ3n) is 2.79. The molecule has 17 heavy (non-hydrogen) atoms. The lowest BCUT2D eigenvalue weighted by Gasteiger charge is -2.22. The molecule has 1 saturated heterocycles. The van der Waals surface area contributed by atoms with Crippen molar-refractivity contribution in [2.24, 2.45) is 0 Å². The fraction of sp³-hybridized carbons (Fsp3) is 0.462. The van der Waals surface area contributed by atoms with Crippen LogP contribution < -0.4 is 5.32 Å². The van der Waals surface area contributed by atoms with E-state index in [1.54, 1.807) is 0 Å². The zero-order chi connectivity index (χ0) is 12.1. The SMILES string of the molecule is O=C(Cc1ccc(Cl)cc1)CC1CSCCN1. The van der Waals surface area contributed by atoms with Crippen molar-refractivity contribution < 1.29 is 4.79 Å². The molecule has 2 rings (SSSR count). The Balaban J connectivity index is 1.82. The molecule has 0 saturated carbocycles. The van der Waals surface area contributed by atoms with Crippen molar-refractivity contribution in [2.75, 3.05) is 18.1 Å². The van der Waals surface area contributed by atoms with E-state index in [1.807, 2.05) is 36.0 Å². The minimum Gasteiger partial charge on any atom is -0.312 e. The number of hydrogen-bond donors (Lipinski definition) is 1. The molecule has 1 aromatic carbocycles. The lowest BCUT2D eigenvalue weighted by molar-refractivity contribution is -0.118. The van der Waals surface area contributed by atoms with Crippen LogP contribution in [0.15, 0.2) is 24.3 Å². The Morgan fingerprint density at radius 3 is 2.82 bits per heavy atom. The van der Waals surface area contributed by atoms with Gasteiger partial charge in [-0.25, -0.2) is 0 Å². The molecule has 1 heterocycles. The second kappa shape index (κ2) is 6.43. The number of halogens is 1. The summed E-state index contributed by atoms with van der Waals surface area (Å²) in [5, 5.41) is 4.10. The number of rotatable bonds is 4. The van der Waals surface area contributed by atoms with Crippen LogP contribution in [0.25, 0.3) is 0 Å². The minimum atomic E-state index is 0.298. The molecule has 0 bridgehead atoms. The van der Waals surface area contributed by atoms with Crippen molar-refractivity contribution in [3.8, 4) is 0 Å². The van der Waals surface area contributed by atoms with Crippen LogP contribution in [0.1, 0.15) is 12.0 Å². The maximum atomic E-state index is 11.9. The highest BCUT2D eigenvalue weighted by Crippen LogP contribution is 2.13. The van der Waals surface area contributed by atoms with Gasteiger partial charge in [-0.2, -0.15) is 11.8 Å². The molecule has 1 unspecified atom stereocenters. The van der Waals surface area contributed by atoms with Crippen LogP contribution in [0.4, 0.5) is 0 Å². The summed E-state index contributed by atoms with van der Waals surface area (Å²) in [5.41, 5.74) is 1.04. The molecule has 4 heteroatoms. The van der Waals surface area contributed by atoms with Crippen molar-refractivity contribution in [3.05, 3.63) is 34.9 Å². The van der Waals surface area contributed by atoms with Gasteiger partial charge in [0.25, 0.3) is 0 Å². The number of nitrogens with one attached hydrogen (secondary N) is 1. The second-order valence-corrected chi connectivity index (χ2v) is 5.86. The average molecular weight is 270 g/mol. The molecule has 0 aliphatic carbocycles. The average Bonchev–Trinajstić information content (AvgIpc) is 2.33. The highest BCUT2D eigenvalue weighted by Gasteiger charge is 2.16. The quantitative estimate of drug-likeness (QED) is 0.911. The molecule has 0 amide bonds. The first-order valence-electron chi connectivity index (χ1n) is 5.81. The van der Waals surface area contributed by atoms with Crippen LogP contribution in [0.3, 0.4) is 0 Å². The van der Waals surface area contributed by atoms with Crippen LogP contribution in [-0.2, 0) is 11.2 Å². The lowest BCUT2D eigenvalue weighted by atomic mass is 10.0. The largest absolute Gasteiger partial charge is 0.312 e. The molecule has 0 spiro atoms. The first kappa shape index (κ1) is 12.9. The standard InChI is InChI=1S/C13H16ClNOS/c14-11-3-1-10(2-4-11)7-13(16)8-12-9-17-6-5-15-12/h1-4,12,15H,5-9H2. The van der Waals surface area contributed by atoms with Crippen molar-refractivity contribution in [1.29, 1.82) is 0 Å². The van der Waals surface area contributed by atoms with Crippen LogP contribution in [-0.4, -0.2) is 29.9 Å². The van der Waals surface area contributed by atoms with Crippen LogP contribution in [0.2, 0.25) is 5.02 Å². The zero-order valence-electron chi connectivity index (χ0n) is 9.62. The molecular formula is C13H16ClNOS. The van der Waals surface area contributed by atoms with E-state index in [2.05, 4.69) is 5.32 Å². The number of thioether (sulfide) groups is 1. The second-order valence-electron chi connectivity index (χ2n) is 4.27. The van der Waals surface area contributed by atoms with Crippen molar-refractivity contribution >= 4 is 29.1 Å². The van der Waals surface area contributed by atoms with Crippen LogP contribution >= 0.6 is 23.4 Å². The number of hydrogen-bond acceptors (Lipinski definition) is 3. The van der Waals surface area contributed by atoms with Gasteiger partial charge in [-0.3, -0.25) is 4.79 Å². The van der Waals surface area contributed by atoms with E-state index in [0.717, 1.165) is 23.6 Å². The van der Waals surface area contributed by atoms with Gasteiger partial charge in [-0.05, 0) is 17.7 Å². The Bertz CT molecular complexity index is 374. The highest BCUT2D eigenvalue weighted by atomic mass is 35.5. The van der Waals surface area contributed by atoms with Gasteiger partial charge in [0.2, 0.25) is 0 Å². The van der Waals surface area contributed by atoms with Gasteiger partial charge < -0.3 is 5.32 Å². The first-order chi connectivity index (χ1) is 8.24. The first-order valence-corrected chi connectivity index (χ1v) is 7.34. The number of carbonyl (C=O) groups is 1. The summed E-state index contributed by atoms with van der Waals surface area (Å²) in [5.74, 6) is 2.50. The summed E-state index contributed by atoms with van der Waals surface area (Å²) in [6, 6.07) is 7.86. The summed E-state index contributed by atoms with van der Waals surface area (Å²) < 4.78 is 0. The Kier molecular flexibility index (Phi) is 4.89. The van der Waals surface area contributed by atoms with Gasteiger partial charge in [-0.1, -0.05) is 23.7 Å². The minimum absolute atomic E-state index is 0.298. The molecule has 0 radical (unpaired) electrons. The highest BCUT2D eigenvalue weighted by molar-refractivity contribution is 7.99. The van der Waals surface area contributed by atoms with Gasteiger partial charge in [-0.15, -0.1) is 0 Å². The van der Waals surface area contributed by atoms with E-state index < -0.39 is 0 Å². The van der Waals surface area contributed by atoms with Gasteiger partial charge in [0.1, 0.15) is 5.78 Å². The molecule has 1 aliphatic heterocycles. The van der Waals surface area contributed by atoms with Gasteiger partial charge in [0, 0.05) is 42.0 Å². The van der Waals surface area contributed by atoms with Gasteiger partial charge in [0.15, 0.2) is 0 Å². The fourth-order valence-electron chi connectivity index (χ4n) is 1.93. The molecular weight excluding hydrogens is 254 g/mol. The van der Waals surface area contributed by atoms with Crippen molar-refractivity contribution in [3.63, 3.8) is 0 Å². The molecule has 1 aliphatic rings. The predicted molar refractivity (Wildman–Crippen MR) is 73.9 cm³/mol. The topological polar surface area (TPSA) is 29.1 Å².